The van der Waals surface area contributed by atoms with E-state index in [2.05, 4.69) is 0 Å². The van der Waals surface area contributed by atoms with Gasteiger partial charge in [0.2, 0.25) is 0 Å². The molecule has 5 heteroatoms. The summed E-state index contributed by atoms with van der Waals surface area (Å²) in [5.74, 6) is -1.12. The Morgan fingerprint density at radius 2 is 1.67 bits per heavy atom. The number of nitrogens with two attached hydrogens (primary N) is 1. The zero-order valence-electron chi connectivity index (χ0n) is 11.7. The van der Waals surface area contributed by atoms with E-state index in [0.717, 1.165) is 11.6 Å². The third kappa shape index (κ3) is 4.36. The number of rotatable bonds is 5. The Bertz CT molecular complexity index is 635. The van der Waals surface area contributed by atoms with E-state index in [0.29, 0.717) is 24.2 Å². The lowest BCUT2D eigenvalue weighted by Gasteiger charge is -2.17. The number of nitrogens with zero attached hydrogens (tertiary/aromatic N) is 1. The van der Waals surface area contributed by atoms with Crippen LogP contribution in [-0.4, -0.2) is 17.8 Å². The highest BCUT2D eigenvalue weighted by Crippen LogP contribution is 2.13. The van der Waals surface area contributed by atoms with Crippen LogP contribution < -0.4 is 5.73 Å². The van der Waals surface area contributed by atoms with Crippen molar-refractivity contribution in [2.45, 2.75) is 13.1 Å². The standard InChI is InChI=1S/C16H17F2N3/c1-21(10-12-6-14(17)8-15(18)7-12)9-11-3-2-4-13(5-11)16(19)20/h2-8H,9-10H2,1H3,(H3,19,20). The summed E-state index contributed by atoms with van der Waals surface area (Å²) in [6, 6.07) is 10.9. The lowest BCUT2D eigenvalue weighted by atomic mass is 10.1. The second-order valence-electron chi connectivity index (χ2n) is 5.06. The molecule has 0 aliphatic rings. The van der Waals surface area contributed by atoms with Crippen molar-refractivity contribution >= 4 is 5.84 Å². The molecule has 0 bridgehead atoms. The first-order chi connectivity index (χ1) is 9.94. The predicted molar refractivity (Wildman–Crippen MR) is 79.0 cm³/mol. The van der Waals surface area contributed by atoms with Crippen LogP contribution in [0.2, 0.25) is 0 Å². The normalized spacial score (nSPS) is 10.9. The molecular formula is C16H17F2N3. The minimum absolute atomic E-state index is 0.0201. The van der Waals surface area contributed by atoms with Crippen molar-refractivity contribution in [1.82, 2.24) is 4.90 Å². The average Bonchev–Trinajstić information content (AvgIpc) is 2.37. The molecule has 2 rings (SSSR count). The van der Waals surface area contributed by atoms with Gasteiger partial charge < -0.3 is 5.73 Å². The third-order valence-electron chi connectivity index (χ3n) is 3.07. The molecule has 0 atom stereocenters. The Morgan fingerprint density at radius 3 is 2.29 bits per heavy atom. The minimum atomic E-state index is -0.572. The van der Waals surface area contributed by atoms with Gasteiger partial charge in [0.25, 0.3) is 0 Å². The molecular weight excluding hydrogens is 272 g/mol. The predicted octanol–water partition coefficient (Wildman–Crippen LogP) is 2.88. The summed E-state index contributed by atoms with van der Waals surface area (Å²) >= 11 is 0. The SMILES string of the molecule is CN(Cc1cc(F)cc(F)c1)Cc1cccc(C(=N)N)c1. The molecule has 0 heterocycles. The molecule has 0 fully saturated rings. The smallest absolute Gasteiger partial charge is 0.126 e. The molecule has 21 heavy (non-hydrogen) atoms. The summed E-state index contributed by atoms with van der Waals surface area (Å²) in [5, 5.41) is 7.42. The molecule has 2 aromatic carbocycles. The summed E-state index contributed by atoms with van der Waals surface area (Å²) in [6.07, 6.45) is 0. The molecule has 0 aliphatic carbocycles. The zero-order valence-corrected chi connectivity index (χ0v) is 11.7. The van der Waals surface area contributed by atoms with Crippen LogP contribution in [0.3, 0.4) is 0 Å². The molecule has 0 saturated carbocycles. The van der Waals surface area contributed by atoms with Crippen molar-refractivity contribution in [1.29, 1.82) is 5.41 Å². The lowest BCUT2D eigenvalue weighted by Crippen LogP contribution is -2.18. The molecule has 3 N–H and O–H groups in total. The van der Waals surface area contributed by atoms with Gasteiger partial charge in [0.1, 0.15) is 17.5 Å². The number of nitrogen functional groups attached to an aromatic ring is 1. The Morgan fingerprint density at radius 1 is 1.05 bits per heavy atom. The van der Waals surface area contributed by atoms with E-state index in [-0.39, 0.29) is 5.84 Å². The van der Waals surface area contributed by atoms with E-state index in [9.17, 15) is 8.78 Å². The van der Waals surface area contributed by atoms with Crippen LogP contribution in [-0.2, 0) is 13.1 Å². The third-order valence-corrected chi connectivity index (χ3v) is 3.07. The first kappa shape index (κ1) is 15.1. The minimum Gasteiger partial charge on any atom is -0.384 e. The molecule has 0 unspecified atom stereocenters. The van der Waals surface area contributed by atoms with Crippen LogP contribution >= 0.6 is 0 Å². The van der Waals surface area contributed by atoms with E-state index < -0.39 is 11.6 Å². The topological polar surface area (TPSA) is 53.1 Å². The Labute approximate surface area is 122 Å². The fraction of sp³-hybridized carbons (Fsp3) is 0.188. The van der Waals surface area contributed by atoms with E-state index in [1.165, 1.54) is 12.1 Å². The first-order valence-corrected chi connectivity index (χ1v) is 6.51. The molecule has 0 spiro atoms. The van der Waals surface area contributed by atoms with Gasteiger partial charge >= 0.3 is 0 Å². The van der Waals surface area contributed by atoms with Gasteiger partial charge in [-0.2, -0.15) is 0 Å². The molecule has 110 valence electrons. The summed E-state index contributed by atoms with van der Waals surface area (Å²) in [6.45, 7) is 1.03. The highest BCUT2D eigenvalue weighted by atomic mass is 19.1. The molecule has 2 aromatic rings. The Kier molecular flexibility index (Phi) is 4.65. The van der Waals surface area contributed by atoms with Crippen LogP contribution in [0.25, 0.3) is 0 Å². The quantitative estimate of drug-likeness (QED) is 0.657. The van der Waals surface area contributed by atoms with Gasteiger partial charge in [0.15, 0.2) is 0 Å². The molecule has 0 aliphatic heterocycles. The van der Waals surface area contributed by atoms with Gasteiger partial charge in [-0.3, -0.25) is 10.3 Å². The van der Waals surface area contributed by atoms with Gasteiger partial charge in [-0.05, 0) is 36.4 Å². The largest absolute Gasteiger partial charge is 0.384 e. The number of halogens is 2. The summed E-state index contributed by atoms with van der Waals surface area (Å²) < 4.78 is 26.3. The molecule has 0 radical (unpaired) electrons. The number of amidine groups is 1. The number of benzene rings is 2. The summed E-state index contributed by atoms with van der Waals surface area (Å²) in [4.78, 5) is 1.94. The number of nitrogens with one attached hydrogen (secondary N) is 1. The van der Waals surface area contributed by atoms with E-state index in [4.69, 9.17) is 11.1 Å². The highest BCUT2D eigenvalue weighted by Gasteiger charge is 2.06. The van der Waals surface area contributed by atoms with Crippen molar-refractivity contribution in [3.05, 3.63) is 70.8 Å². The molecule has 0 amide bonds. The fourth-order valence-corrected chi connectivity index (χ4v) is 2.22. The first-order valence-electron chi connectivity index (χ1n) is 6.51. The molecule has 0 saturated heterocycles. The van der Waals surface area contributed by atoms with Gasteiger partial charge in [-0.15, -0.1) is 0 Å². The molecule has 0 aromatic heterocycles. The van der Waals surface area contributed by atoms with Crippen molar-refractivity contribution in [2.75, 3.05) is 7.05 Å². The maximum absolute atomic E-state index is 13.2. The van der Waals surface area contributed by atoms with Gasteiger partial charge in [0.05, 0.1) is 0 Å². The van der Waals surface area contributed by atoms with Crippen LogP contribution in [0, 0.1) is 17.0 Å². The highest BCUT2D eigenvalue weighted by molar-refractivity contribution is 5.95. The van der Waals surface area contributed by atoms with Gasteiger partial charge in [0, 0.05) is 24.7 Å². The maximum atomic E-state index is 13.2. The maximum Gasteiger partial charge on any atom is 0.126 e. The number of hydrogen-bond donors (Lipinski definition) is 2. The monoisotopic (exact) mass is 289 g/mol. The lowest BCUT2D eigenvalue weighted by molar-refractivity contribution is 0.318. The zero-order chi connectivity index (χ0) is 15.4. The van der Waals surface area contributed by atoms with Crippen LogP contribution in [0.5, 0.6) is 0 Å². The Hall–Kier alpha value is -2.27. The van der Waals surface area contributed by atoms with Gasteiger partial charge in [-0.25, -0.2) is 8.78 Å². The second-order valence-corrected chi connectivity index (χ2v) is 5.06. The van der Waals surface area contributed by atoms with E-state index >= 15 is 0 Å². The van der Waals surface area contributed by atoms with E-state index in [1.807, 2.05) is 30.1 Å². The Balaban J connectivity index is 2.06. The second kappa shape index (κ2) is 6.45. The van der Waals surface area contributed by atoms with Gasteiger partial charge in [-0.1, -0.05) is 18.2 Å². The van der Waals surface area contributed by atoms with Crippen LogP contribution in [0.1, 0.15) is 16.7 Å². The summed E-state index contributed by atoms with van der Waals surface area (Å²) in [5.41, 5.74) is 7.69. The summed E-state index contributed by atoms with van der Waals surface area (Å²) in [7, 11) is 1.86. The van der Waals surface area contributed by atoms with Crippen molar-refractivity contribution in [2.24, 2.45) is 5.73 Å². The van der Waals surface area contributed by atoms with Crippen LogP contribution in [0.4, 0.5) is 8.78 Å². The number of hydrogen-bond acceptors (Lipinski definition) is 2. The van der Waals surface area contributed by atoms with Crippen molar-refractivity contribution in [3.63, 3.8) is 0 Å². The van der Waals surface area contributed by atoms with E-state index in [1.54, 1.807) is 6.07 Å². The van der Waals surface area contributed by atoms with Crippen molar-refractivity contribution in [3.8, 4) is 0 Å². The molecule has 3 nitrogen and oxygen atoms in total. The van der Waals surface area contributed by atoms with Crippen molar-refractivity contribution < 1.29 is 8.78 Å². The van der Waals surface area contributed by atoms with Crippen LogP contribution in [0.15, 0.2) is 42.5 Å². The average molecular weight is 289 g/mol. The fourth-order valence-electron chi connectivity index (χ4n) is 2.22.